The fourth-order valence-corrected chi connectivity index (χ4v) is 4.54. The molecule has 5 nitrogen and oxygen atoms in total. The SMILES string of the molecule is O=NC(=O)c1cnc(N[C@@H]2C[C@H]3CC[C@@H]2C3)c2c1CCC2. The average molecular weight is 285 g/mol. The van der Waals surface area contributed by atoms with Gasteiger partial charge in [-0.05, 0) is 61.5 Å². The molecule has 0 aromatic carbocycles. The number of fused-ring (bicyclic) bond motifs is 3. The Morgan fingerprint density at radius 3 is 2.81 bits per heavy atom. The predicted molar refractivity (Wildman–Crippen MR) is 79.2 cm³/mol. The Bertz CT molecular complexity index is 614. The van der Waals surface area contributed by atoms with Crippen molar-refractivity contribution in [2.24, 2.45) is 17.0 Å². The summed E-state index contributed by atoms with van der Waals surface area (Å²) in [7, 11) is 0. The van der Waals surface area contributed by atoms with Crippen LogP contribution in [-0.2, 0) is 12.8 Å². The van der Waals surface area contributed by atoms with E-state index < -0.39 is 5.91 Å². The van der Waals surface area contributed by atoms with E-state index in [1.54, 1.807) is 0 Å². The summed E-state index contributed by atoms with van der Waals surface area (Å²) in [5.74, 6) is 1.92. The number of rotatable bonds is 3. The van der Waals surface area contributed by atoms with Crippen molar-refractivity contribution in [1.82, 2.24) is 4.98 Å². The first-order chi connectivity index (χ1) is 10.3. The summed E-state index contributed by atoms with van der Waals surface area (Å²) in [6, 6.07) is 0.534. The molecule has 2 saturated carbocycles. The first-order valence-electron chi connectivity index (χ1n) is 7.91. The minimum atomic E-state index is -0.688. The quantitative estimate of drug-likeness (QED) is 0.866. The Morgan fingerprint density at radius 2 is 2.10 bits per heavy atom. The highest BCUT2D eigenvalue weighted by molar-refractivity contribution is 5.96. The molecule has 0 saturated heterocycles. The molecule has 0 unspecified atom stereocenters. The van der Waals surface area contributed by atoms with Gasteiger partial charge in [0.25, 0.3) is 0 Å². The van der Waals surface area contributed by atoms with Gasteiger partial charge in [0, 0.05) is 17.4 Å². The fraction of sp³-hybridized carbons (Fsp3) is 0.625. The normalized spacial score (nSPS) is 29.4. The van der Waals surface area contributed by atoms with Gasteiger partial charge in [-0.25, -0.2) is 4.98 Å². The van der Waals surface area contributed by atoms with Crippen molar-refractivity contribution in [1.29, 1.82) is 0 Å². The predicted octanol–water partition coefficient (Wildman–Crippen LogP) is 3.08. The molecule has 2 fully saturated rings. The van der Waals surface area contributed by atoms with Gasteiger partial charge in [-0.15, -0.1) is 4.91 Å². The summed E-state index contributed by atoms with van der Waals surface area (Å²) >= 11 is 0. The number of anilines is 1. The number of hydrogen-bond donors (Lipinski definition) is 1. The van der Waals surface area contributed by atoms with Crippen LogP contribution in [0, 0.1) is 16.7 Å². The molecule has 1 amide bonds. The standard InChI is InChI=1S/C16H19N3O2/c20-16(19-21)13-8-17-15(12-3-1-2-11(12)13)18-14-7-9-4-5-10(14)6-9/h8-10,14H,1-7H2,(H,17,18)/t9-,10+,14+/m0/s1. The van der Waals surface area contributed by atoms with Gasteiger partial charge in [-0.3, -0.25) is 4.79 Å². The molecule has 3 aliphatic rings. The summed E-state index contributed by atoms with van der Waals surface area (Å²) in [6.07, 6.45) is 9.65. The number of nitrogens with one attached hydrogen (secondary N) is 1. The third-order valence-electron chi connectivity index (χ3n) is 5.53. The van der Waals surface area contributed by atoms with E-state index in [0.29, 0.717) is 11.6 Å². The molecule has 5 heteroatoms. The first-order valence-corrected chi connectivity index (χ1v) is 7.91. The summed E-state index contributed by atoms with van der Waals surface area (Å²) < 4.78 is 0. The van der Waals surface area contributed by atoms with E-state index in [4.69, 9.17) is 0 Å². The molecule has 3 aliphatic carbocycles. The van der Waals surface area contributed by atoms with Crippen molar-refractivity contribution >= 4 is 11.7 Å². The number of nitrogens with zero attached hydrogens (tertiary/aromatic N) is 2. The van der Waals surface area contributed by atoms with Gasteiger partial charge < -0.3 is 5.32 Å². The van der Waals surface area contributed by atoms with Crippen LogP contribution in [0.3, 0.4) is 0 Å². The lowest BCUT2D eigenvalue weighted by atomic mass is 9.95. The maximum Gasteiger partial charge on any atom is 0.318 e. The van der Waals surface area contributed by atoms with E-state index in [-0.39, 0.29) is 0 Å². The largest absolute Gasteiger partial charge is 0.367 e. The van der Waals surface area contributed by atoms with Crippen molar-refractivity contribution in [3.05, 3.63) is 27.8 Å². The maximum atomic E-state index is 11.6. The van der Waals surface area contributed by atoms with Gasteiger partial charge in [0.2, 0.25) is 0 Å². The van der Waals surface area contributed by atoms with Gasteiger partial charge in [0.05, 0.1) is 5.56 Å². The zero-order valence-corrected chi connectivity index (χ0v) is 12.0. The third kappa shape index (κ3) is 2.06. The Labute approximate surface area is 123 Å². The maximum absolute atomic E-state index is 11.6. The Morgan fingerprint density at radius 1 is 1.24 bits per heavy atom. The van der Waals surface area contributed by atoms with Crippen molar-refractivity contribution in [3.63, 3.8) is 0 Å². The second kappa shape index (κ2) is 4.90. The fourth-order valence-electron chi connectivity index (χ4n) is 4.54. The molecule has 0 radical (unpaired) electrons. The molecular weight excluding hydrogens is 266 g/mol. The number of hydrogen-bond acceptors (Lipinski definition) is 4. The van der Waals surface area contributed by atoms with Gasteiger partial charge in [0.15, 0.2) is 0 Å². The lowest BCUT2D eigenvalue weighted by Gasteiger charge is -2.24. The van der Waals surface area contributed by atoms with Crippen molar-refractivity contribution in [2.45, 2.75) is 51.0 Å². The molecule has 1 aromatic heterocycles. The lowest BCUT2D eigenvalue weighted by Crippen LogP contribution is -2.27. The van der Waals surface area contributed by atoms with E-state index in [0.717, 1.165) is 48.0 Å². The molecule has 21 heavy (non-hydrogen) atoms. The number of amides is 1. The van der Waals surface area contributed by atoms with Crippen LogP contribution in [-0.4, -0.2) is 16.9 Å². The molecule has 1 aromatic rings. The van der Waals surface area contributed by atoms with Crippen LogP contribution < -0.4 is 5.32 Å². The number of pyridine rings is 1. The van der Waals surface area contributed by atoms with Crippen LogP contribution in [0.5, 0.6) is 0 Å². The van der Waals surface area contributed by atoms with Crippen LogP contribution in [0.2, 0.25) is 0 Å². The molecule has 0 spiro atoms. The van der Waals surface area contributed by atoms with Gasteiger partial charge in [0.1, 0.15) is 5.82 Å². The second-order valence-corrected chi connectivity index (χ2v) is 6.65. The summed E-state index contributed by atoms with van der Waals surface area (Å²) in [6.45, 7) is 0. The van der Waals surface area contributed by atoms with Crippen LogP contribution in [0.1, 0.15) is 53.6 Å². The van der Waals surface area contributed by atoms with E-state index in [9.17, 15) is 9.70 Å². The first kappa shape index (κ1) is 12.9. The molecule has 1 heterocycles. The smallest absolute Gasteiger partial charge is 0.318 e. The molecule has 1 N–H and O–H groups in total. The average Bonchev–Trinajstić information content (AvgIpc) is 3.22. The summed E-state index contributed by atoms with van der Waals surface area (Å²) in [5, 5.41) is 6.18. The van der Waals surface area contributed by atoms with Crippen LogP contribution in [0.25, 0.3) is 0 Å². The van der Waals surface area contributed by atoms with Gasteiger partial charge >= 0.3 is 5.91 Å². The highest BCUT2D eigenvalue weighted by Gasteiger charge is 2.40. The van der Waals surface area contributed by atoms with Crippen LogP contribution >= 0.6 is 0 Å². The van der Waals surface area contributed by atoms with E-state index in [1.807, 2.05) is 0 Å². The molecule has 2 bridgehead atoms. The van der Waals surface area contributed by atoms with Crippen molar-refractivity contribution in [3.8, 4) is 0 Å². The van der Waals surface area contributed by atoms with Crippen LogP contribution in [0.15, 0.2) is 11.4 Å². The number of carbonyl (C=O) groups is 1. The van der Waals surface area contributed by atoms with Gasteiger partial charge in [-0.1, -0.05) is 6.42 Å². The molecule has 4 rings (SSSR count). The minimum Gasteiger partial charge on any atom is -0.367 e. The number of aromatic nitrogens is 1. The zero-order chi connectivity index (χ0) is 14.4. The van der Waals surface area contributed by atoms with Crippen molar-refractivity contribution in [2.75, 3.05) is 5.32 Å². The van der Waals surface area contributed by atoms with E-state index >= 15 is 0 Å². The topological polar surface area (TPSA) is 71.4 Å². The second-order valence-electron chi connectivity index (χ2n) is 6.65. The third-order valence-corrected chi connectivity index (χ3v) is 5.53. The highest BCUT2D eigenvalue weighted by atomic mass is 16.3. The molecule has 110 valence electrons. The molecule has 0 aliphatic heterocycles. The Hall–Kier alpha value is -1.78. The van der Waals surface area contributed by atoms with E-state index in [1.165, 1.54) is 31.9 Å². The number of nitroso groups, excluding NO2 is 1. The Kier molecular flexibility index (Phi) is 3.01. The number of carbonyl (C=O) groups excluding carboxylic acids is 1. The van der Waals surface area contributed by atoms with E-state index in [2.05, 4.69) is 15.5 Å². The van der Waals surface area contributed by atoms with Crippen LogP contribution in [0.4, 0.5) is 5.82 Å². The summed E-state index contributed by atoms with van der Waals surface area (Å²) in [4.78, 5) is 26.5. The minimum absolute atomic E-state index is 0.399. The monoisotopic (exact) mass is 285 g/mol. The Balaban J connectivity index is 1.63. The van der Waals surface area contributed by atoms with Gasteiger partial charge in [-0.2, -0.15) is 0 Å². The zero-order valence-electron chi connectivity index (χ0n) is 12.0. The lowest BCUT2D eigenvalue weighted by molar-refractivity contribution is 0.0999. The highest BCUT2D eigenvalue weighted by Crippen LogP contribution is 2.46. The molecule has 3 atom stereocenters. The van der Waals surface area contributed by atoms with Crippen molar-refractivity contribution < 1.29 is 4.79 Å². The summed E-state index contributed by atoms with van der Waals surface area (Å²) in [5.41, 5.74) is 2.52. The molecular formula is C16H19N3O2.